The Kier molecular flexibility index (Phi) is 4.03. The summed E-state index contributed by atoms with van der Waals surface area (Å²) in [6.07, 6.45) is 0. The number of anilines is 2. The van der Waals surface area contributed by atoms with Crippen LogP contribution in [-0.2, 0) is 0 Å². The smallest absolute Gasteiger partial charge is 0.0778 e. The van der Waals surface area contributed by atoms with Crippen LogP contribution in [0.25, 0.3) is 38.3 Å². The Balaban J connectivity index is 1.71. The summed E-state index contributed by atoms with van der Waals surface area (Å²) in [6, 6.07) is 41.1. The molecule has 2 nitrogen and oxygen atoms in total. The van der Waals surface area contributed by atoms with Crippen molar-refractivity contribution in [1.29, 1.82) is 0 Å². The van der Waals surface area contributed by atoms with Crippen molar-refractivity contribution in [2.24, 2.45) is 0 Å². The van der Waals surface area contributed by atoms with Crippen LogP contribution in [0, 0.1) is 0 Å². The lowest BCUT2D eigenvalue weighted by atomic mass is 10.1. The van der Waals surface area contributed by atoms with Crippen LogP contribution in [0.1, 0.15) is 0 Å². The minimum atomic E-state index is 1.17. The van der Waals surface area contributed by atoms with E-state index in [-0.39, 0.29) is 0 Å². The topological polar surface area (TPSA) is 8.17 Å². The molecule has 0 aliphatic carbocycles. The highest BCUT2D eigenvalue weighted by Gasteiger charge is 2.17. The van der Waals surface area contributed by atoms with Crippen LogP contribution in [0.4, 0.5) is 11.4 Å². The van der Waals surface area contributed by atoms with Crippen molar-refractivity contribution in [2.75, 3.05) is 11.9 Å². The summed E-state index contributed by atoms with van der Waals surface area (Å²) < 4.78 is 2.41. The van der Waals surface area contributed by atoms with Gasteiger partial charge in [-0.25, -0.2) is 0 Å². The van der Waals surface area contributed by atoms with Crippen LogP contribution in [0.2, 0.25) is 0 Å². The molecule has 0 amide bonds. The quantitative estimate of drug-likeness (QED) is 0.296. The van der Waals surface area contributed by atoms with Crippen molar-refractivity contribution in [3.05, 3.63) is 115 Å². The average Bonchev–Trinajstić information content (AvgIpc) is 3.18. The Bertz CT molecular complexity index is 1540. The normalized spacial score (nSPS) is 11.4. The molecule has 0 fully saturated rings. The van der Waals surface area contributed by atoms with Gasteiger partial charge in [0.05, 0.1) is 16.7 Å². The SMILES string of the molecule is CN(c1ccccc1)c1cccc2c3ccccc3n(-c3ccc4ccccc4c3)c12. The van der Waals surface area contributed by atoms with Gasteiger partial charge in [0.2, 0.25) is 0 Å². The van der Waals surface area contributed by atoms with E-state index in [4.69, 9.17) is 0 Å². The van der Waals surface area contributed by atoms with E-state index in [0.29, 0.717) is 0 Å². The summed E-state index contributed by atoms with van der Waals surface area (Å²) in [5.41, 5.74) is 5.99. The lowest BCUT2D eigenvalue weighted by Gasteiger charge is -2.22. The number of rotatable bonds is 3. The molecule has 6 rings (SSSR count). The first-order chi connectivity index (χ1) is 15.3. The first kappa shape index (κ1) is 17.8. The molecule has 0 aliphatic rings. The van der Waals surface area contributed by atoms with Crippen molar-refractivity contribution in [3.63, 3.8) is 0 Å². The Morgan fingerprint density at radius 2 is 1.29 bits per heavy atom. The molecule has 2 heteroatoms. The molecular formula is C29H22N2. The van der Waals surface area contributed by atoms with E-state index < -0.39 is 0 Å². The molecule has 0 unspecified atom stereocenters. The molecule has 0 saturated carbocycles. The third kappa shape index (κ3) is 2.80. The van der Waals surface area contributed by atoms with Crippen molar-refractivity contribution in [3.8, 4) is 5.69 Å². The fourth-order valence-corrected chi connectivity index (χ4v) is 4.65. The van der Waals surface area contributed by atoms with E-state index in [2.05, 4.69) is 132 Å². The fraction of sp³-hybridized carbons (Fsp3) is 0.0345. The van der Waals surface area contributed by atoms with Crippen LogP contribution in [-0.4, -0.2) is 11.6 Å². The van der Waals surface area contributed by atoms with Crippen LogP contribution in [0.5, 0.6) is 0 Å². The molecule has 31 heavy (non-hydrogen) atoms. The summed E-state index contributed by atoms with van der Waals surface area (Å²) in [4.78, 5) is 2.28. The van der Waals surface area contributed by atoms with Gasteiger partial charge in [-0.15, -0.1) is 0 Å². The zero-order chi connectivity index (χ0) is 20.8. The molecule has 0 saturated heterocycles. The summed E-state index contributed by atoms with van der Waals surface area (Å²) >= 11 is 0. The molecule has 0 bridgehead atoms. The lowest BCUT2D eigenvalue weighted by molar-refractivity contribution is 1.15. The number of nitrogens with zero attached hydrogens (tertiary/aromatic N) is 2. The molecule has 6 aromatic rings. The number of hydrogen-bond donors (Lipinski definition) is 0. The van der Waals surface area contributed by atoms with Gasteiger partial charge in [0.15, 0.2) is 0 Å². The number of hydrogen-bond acceptors (Lipinski definition) is 1. The maximum absolute atomic E-state index is 2.41. The summed E-state index contributed by atoms with van der Waals surface area (Å²) in [5, 5.41) is 5.05. The zero-order valence-corrected chi connectivity index (χ0v) is 17.4. The second-order valence-corrected chi connectivity index (χ2v) is 7.95. The van der Waals surface area contributed by atoms with Crippen molar-refractivity contribution >= 4 is 44.0 Å². The van der Waals surface area contributed by atoms with Crippen LogP contribution in [0.3, 0.4) is 0 Å². The van der Waals surface area contributed by atoms with E-state index in [9.17, 15) is 0 Å². The number of aromatic nitrogens is 1. The number of para-hydroxylation sites is 3. The van der Waals surface area contributed by atoms with Gasteiger partial charge in [-0.3, -0.25) is 0 Å². The summed E-state index contributed by atoms with van der Waals surface area (Å²) in [5.74, 6) is 0. The first-order valence-corrected chi connectivity index (χ1v) is 10.6. The van der Waals surface area contributed by atoms with Crippen LogP contribution in [0.15, 0.2) is 115 Å². The standard InChI is InChI=1S/C29H22N2/c1-30(23-12-3-2-4-13-23)28-17-9-15-26-25-14-7-8-16-27(25)31(29(26)28)24-19-18-21-10-5-6-11-22(21)20-24/h2-20H,1H3. The Morgan fingerprint density at radius 3 is 2.16 bits per heavy atom. The zero-order valence-electron chi connectivity index (χ0n) is 17.4. The largest absolute Gasteiger partial charge is 0.343 e. The third-order valence-corrected chi connectivity index (χ3v) is 6.17. The maximum atomic E-state index is 2.41. The Morgan fingerprint density at radius 1 is 0.581 bits per heavy atom. The molecule has 0 atom stereocenters. The van der Waals surface area contributed by atoms with E-state index in [1.54, 1.807) is 0 Å². The van der Waals surface area contributed by atoms with Crippen molar-refractivity contribution in [2.45, 2.75) is 0 Å². The summed E-state index contributed by atoms with van der Waals surface area (Å²) in [6.45, 7) is 0. The Hall–Kier alpha value is -4.04. The number of fused-ring (bicyclic) bond motifs is 4. The second-order valence-electron chi connectivity index (χ2n) is 7.95. The van der Waals surface area contributed by atoms with Gasteiger partial charge in [-0.05, 0) is 47.2 Å². The summed E-state index contributed by atoms with van der Waals surface area (Å²) in [7, 11) is 2.15. The molecule has 0 radical (unpaired) electrons. The predicted octanol–water partition coefficient (Wildman–Crippen LogP) is 7.70. The monoisotopic (exact) mass is 398 g/mol. The molecule has 148 valence electrons. The van der Waals surface area contributed by atoms with Gasteiger partial charge in [-0.2, -0.15) is 0 Å². The van der Waals surface area contributed by atoms with E-state index in [0.717, 1.165) is 0 Å². The van der Waals surface area contributed by atoms with Crippen LogP contribution >= 0.6 is 0 Å². The van der Waals surface area contributed by atoms with Crippen LogP contribution < -0.4 is 4.90 Å². The average molecular weight is 399 g/mol. The van der Waals surface area contributed by atoms with Gasteiger partial charge in [-0.1, -0.05) is 78.9 Å². The molecule has 0 N–H and O–H groups in total. The maximum Gasteiger partial charge on any atom is 0.0778 e. The van der Waals surface area contributed by atoms with Gasteiger partial charge < -0.3 is 9.47 Å². The van der Waals surface area contributed by atoms with Crippen molar-refractivity contribution in [1.82, 2.24) is 4.57 Å². The Labute approximate surface area is 181 Å². The first-order valence-electron chi connectivity index (χ1n) is 10.6. The molecule has 0 spiro atoms. The second kappa shape index (κ2) is 7.03. The van der Waals surface area contributed by atoms with E-state index >= 15 is 0 Å². The fourth-order valence-electron chi connectivity index (χ4n) is 4.65. The third-order valence-electron chi connectivity index (χ3n) is 6.17. The van der Waals surface area contributed by atoms with E-state index in [1.165, 1.54) is 49.6 Å². The molecular weight excluding hydrogens is 376 g/mol. The highest BCUT2D eigenvalue weighted by atomic mass is 15.1. The molecule has 1 aromatic heterocycles. The minimum absolute atomic E-state index is 1.17. The highest BCUT2D eigenvalue weighted by Crippen LogP contribution is 2.39. The number of benzene rings is 5. The van der Waals surface area contributed by atoms with Gasteiger partial charge in [0.25, 0.3) is 0 Å². The predicted molar refractivity (Wildman–Crippen MR) is 133 cm³/mol. The minimum Gasteiger partial charge on any atom is -0.343 e. The van der Waals surface area contributed by atoms with Gasteiger partial charge in [0.1, 0.15) is 0 Å². The lowest BCUT2D eigenvalue weighted by Crippen LogP contribution is -2.11. The highest BCUT2D eigenvalue weighted by molar-refractivity contribution is 6.13. The van der Waals surface area contributed by atoms with Gasteiger partial charge >= 0.3 is 0 Å². The molecule has 1 heterocycles. The van der Waals surface area contributed by atoms with E-state index in [1.807, 2.05) is 0 Å². The van der Waals surface area contributed by atoms with Crippen molar-refractivity contribution < 1.29 is 0 Å². The van der Waals surface area contributed by atoms with Gasteiger partial charge in [0, 0.05) is 29.2 Å². The molecule has 5 aromatic carbocycles. The molecule has 0 aliphatic heterocycles.